The van der Waals surface area contributed by atoms with Gasteiger partial charge in [0.25, 0.3) is 0 Å². The Bertz CT molecular complexity index is 1230. The zero-order valence-electron chi connectivity index (χ0n) is 20.8. The first-order valence-electron chi connectivity index (χ1n) is 11.3. The molecule has 0 aliphatic heterocycles. The largest absolute Gasteiger partial charge is 0.147 e. The molecule has 0 fully saturated rings. The van der Waals surface area contributed by atoms with Crippen LogP contribution in [0.4, 0.5) is 0 Å². The van der Waals surface area contributed by atoms with Crippen LogP contribution in [0.1, 0.15) is 56.3 Å². The van der Waals surface area contributed by atoms with Crippen LogP contribution >= 0.6 is 24.8 Å². The van der Waals surface area contributed by atoms with E-state index >= 15 is 0 Å². The van der Waals surface area contributed by atoms with Crippen molar-refractivity contribution in [1.82, 2.24) is 0 Å². The van der Waals surface area contributed by atoms with E-state index in [1.165, 1.54) is 22.3 Å². The van der Waals surface area contributed by atoms with Crippen molar-refractivity contribution in [3.8, 4) is 11.1 Å². The van der Waals surface area contributed by atoms with Crippen molar-refractivity contribution >= 4 is 37.3 Å². The minimum atomic E-state index is -3.34. The molecule has 4 rings (SSSR count). The molecule has 2 aliphatic rings. The van der Waals surface area contributed by atoms with Gasteiger partial charge >= 0.3 is 187 Å². The smallest absolute Gasteiger partial charge is 0.147 e. The molecule has 2 aliphatic carbocycles. The molecule has 0 nitrogen and oxygen atoms in total. The standard InChI is InChI=1S/C17H15.C9H13.2CH3.2ClH.H2Si.Zr/c1-12-11-15-9-6-10-16(17(15)13(12)2)14-7-4-3-5-8-14;1-6-5-7(2)9(4)8(6)3;;;;;;/h3-11H,1-2H3;6H,1-4H3;2*1H3;2*1H;1H2;. The van der Waals surface area contributed by atoms with E-state index in [0.29, 0.717) is 9.54 Å². The summed E-state index contributed by atoms with van der Waals surface area (Å²) in [7, 11) is 0. The molecule has 0 spiro atoms. The number of rotatable bonds is 3. The Kier molecular flexibility index (Phi) is 7.91. The van der Waals surface area contributed by atoms with Gasteiger partial charge in [0.05, 0.1) is 0 Å². The predicted molar refractivity (Wildman–Crippen MR) is 148 cm³/mol. The fourth-order valence-electron chi connectivity index (χ4n) is 6.77. The Morgan fingerprint density at radius 1 is 0.719 bits per heavy atom. The van der Waals surface area contributed by atoms with Crippen LogP contribution in [-0.4, -0.2) is 6.88 Å². The molecule has 0 heterocycles. The normalized spacial score (nSPS) is 20.9. The molecule has 0 saturated carbocycles. The molecule has 32 heavy (non-hydrogen) atoms. The number of fused-ring (bicyclic) bond motifs is 1. The minimum absolute atomic E-state index is 0. The second kappa shape index (κ2) is 9.18. The third kappa shape index (κ3) is 3.94. The van der Waals surface area contributed by atoms with Gasteiger partial charge in [0.2, 0.25) is 0 Å². The molecule has 4 heteroatoms. The summed E-state index contributed by atoms with van der Waals surface area (Å²) in [6.45, 7) is 16.8. The number of hydrogen-bond donors (Lipinski definition) is 0. The van der Waals surface area contributed by atoms with E-state index in [0.717, 1.165) is 0 Å². The van der Waals surface area contributed by atoms with Crippen LogP contribution in [0, 0.1) is 5.92 Å². The summed E-state index contributed by atoms with van der Waals surface area (Å²) < 4.78 is 7.86. The van der Waals surface area contributed by atoms with Crippen molar-refractivity contribution in [3.63, 3.8) is 0 Å². The van der Waals surface area contributed by atoms with Gasteiger partial charge in [-0.05, 0) is 0 Å². The van der Waals surface area contributed by atoms with Crippen molar-refractivity contribution in [2.45, 2.75) is 54.4 Å². The third-order valence-electron chi connectivity index (χ3n) is 8.34. The van der Waals surface area contributed by atoms with Crippen molar-refractivity contribution < 1.29 is 17.4 Å². The van der Waals surface area contributed by atoms with Gasteiger partial charge < -0.3 is 0 Å². The van der Waals surface area contributed by atoms with Crippen LogP contribution in [0.15, 0.2) is 74.1 Å². The van der Waals surface area contributed by atoms with Gasteiger partial charge in [-0.25, -0.2) is 0 Å². The summed E-state index contributed by atoms with van der Waals surface area (Å²) in [6.07, 6.45) is 0. The Morgan fingerprint density at radius 2 is 1.31 bits per heavy atom. The Labute approximate surface area is 210 Å². The topological polar surface area (TPSA) is 0 Å². The molecule has 0 N–H and O–H groups in total. The van der Waals surface area contributed by atoms with Gasteiger partial charge in [-0.15, -0.1) is 24.8 Å². The monoisotopic (exact) mass is 562 g/mol. The molecule has 0 aromatic heterocycles. The van der Waals surface area contributed by atoms with Crippen molar-refractivity contribution in [2.24, 2.45) is 5.92 Å². The number of allylic oxidation sites excluding steroid dienone is 6. The first-order valence-corrected chi connectivity index (χ1v) is 24.8. The van der Waals surface area contributed by atoms with E-state index in [4.69, 9.17) is 0 Å². The maximum Gasteiger partial charge on any atom is -0.147 e. The van der Waals surface area contributed by atoms with Gasteiger partial charge in [-0.1, -0.05) is 0 Å². The maximum atomic E-state index is 2.72. The molecule has 2 aromatic carbocycles. The first-order chi connectivity index (χ1) is 14.0. The predicted octanol–water partition coefficient (Wildman–Crippen LogP) is 8.64. The van der Waals surface area contributed by atoms with Gasteiger partial charge in [0.1, 0.15) is 0 Å². The molecule has 0 radical (unpaired) electrons. The average Bonchev–Trinajstić information content (AvgIpc) is 3.08. The summed E-state index contributed by atoms with van der Waals surface area (Å²) in [5, 5.41) is 0. The van der Waals surface area contributed by atoms with Crippen molar-refractivity contribution in [1.29, 1.82) is 0 Å². The van der Waals surface area contributed by atoms with E-state index in [1.54, 1.807) is 27.9 Å². The second-order valence-electron chi connectivity index (χ2n) is 10.8. The second-order valence-corrected chi connectivity index (χ2v) is 40.2. The van der Waals surface area contributed by atoms with E-state index in [9.17, 15) is 0 Å². The van der Waals surface area contributed by atoms with E-state index in [2.05, 4.69) is 106 Å². The third-order valence-corrected chi connectivity index (χ3v) is 25.7. The molecular formula is C28H38Cl2SiZr. The maximum absolute atomic E-state index is 3.34. The average molecular weight is 565 g/mol. The van der Waals surface area contributed by atoms with E-state index in [-0.39, 0.29) is 24.8 Å². The number of halogens is 2. The van der Waals surface area contributed by atoms with Crippen LogP contribution in [0.3, 0.4) is 0 Å². The van der Waals surface area contributed by atoms with E-state index in [1.807, 2.05) is 3.28 Å². The summed E-state index contributed by atoms with van der Waals surface area (Å²) in [5.74, 6) is 0.595. The fourth-order valence-corrected chi connectivity index (χ4v) is 28.5. The first kappa shape index (κ1) is 27.6. The summed E-state index contributed by atoms with van der Waals surface area (Å²) >= 11 is -3.34. The van der Waals surface area contributed by atoms with Crippen LogP contribution < -0.4 is 0 Å². The Morgan fingerprint density at radius 3 is 1.84 bits per heavy atom. The SMILES string of the molecule is CC1=C(C)C(C)[C]([Zr]([CH3])([CH3])(=[SiH2])[CH]2C(C)=C(C)c3c(-c4ccccc4)cccc32)=C1C.Cl.Cl. The van der Waals surface area contributed by atoms with Crippen molar-refractivity contribution in [2.75, 3.05) is 0 Å². The zero-order chi connectivity index (χ0) is 22.0. The van der Waals surface area contributed by atoms with Gasteiger partial charge in [0, 0.05) is 0 Å². The molecular weight excluding hydrogens is 527 g/mol. The van der Waals surface area contributed by atoms with Crippen molar-refractivity contribution in [3.05, 3.63) is 85.2 Å². The molecule has 172 valence electrons. The summed E-state index contributed by atoms with van der Waals surface area (Å²) in [5.41, 5.74) is 13.7. The van der Waals surface area contributed by atoms with Gasteiger partial charge in [0.15, 0.2) is 0 Å². The zero-order valence-corrected chi connectivity index (χ0v) is 26.3. The molecule has 0 amide bonds. The molecule has 2 atom stereocenters. The van der Waals surface area contributed by atoms with Crippen LogP contribution in [0.5, 0.6) is 0 Å². The number of hydrogen-bond acceptors (Lipinski definition) is 0. The quantitative estimate of drug-likeness (QED) is 0.327. The summed E-state index contributed by atoms with van der Waals surface area (Å²) in [6, 6.07) is 18.0. The van der Waals surface area contributed by atoms with Gasteiger partial charge in [-0.2, -0.15) is 0 Å². The summed E-state index contributed by atoms with van der Waals surface area (Å²) in [4.78, 5) is 0. The minimum Gasteiger partial charge on any atom is -0.147 e. The molecule has 2 aromatic rings. The number of benzene rings is 2. The van der Waals surface area contributed by atoms with E-state index < -0.39 is 17.4 Å². The fraction of sp³-hybridized carbons (Fsp3) is 0.357. The van der Waals surface area contributed by atoms with Crippen LogP contribution in [0.25, 0.3) is 16.7 Å². The molecule has 0 bridgehead atoms. The Hall–Kier alpha value is -0.660. The van der Waals surface area contributed by atoms with Crippen LogP contribution in [-0.2, 0) is 17.4 Å². The molecule has 0 saturated heterocycles. The Balaban J connectivity index is 0.00000181. The molecule has 2 unspecified atom stereocenters. The van der Waals surface area contributed by atoms with Crippen LogP contribution in [0.2, 0.25) is 9.26 Å². The van der Waals surface area contributed by atoms with Gasteiger partial charge in [-0.3, -0.25) is 0 Å².